The van der Waals surface area contributed by atoms with Gasteiger partial charge in [0.15, 0.2) is 5.76 Å². The molecule has 1 unspecified atom stereocenters. The minimum atomic E-state index is -1.04. The molecule has 4 rings (SSSR count). The fourth-order valence-corrected chi connectivity index (χ4v) is 4.59. The number of nitrogens with zero attached hydrogens (tertiary/aromatic N) is 4. The van der Waals surface area contributed by atoms with Gasteiger partial charge in [0.05, 0.1) is 17.3 Å². The lowest BCUT2D eigenvalue weighted by Gasteiger charge is -2.28. The molecule has 7 nitrogen and oxygen atoms in total. The smallest absolute Gasteiger partial charge is 0.295 e. The molecule has 1 saturated heterocycles. The van der Waals surface area contributed by atoms with Gasteiger partial charge < -0.3 is 19.3 Å². The lowest BCUT2D eigenvalue weighted by atomic mass is 9.96. The molecule has 1 fully saturated rings. The maximum Gasteiger partial charge on any atom is 0.295 e. The number of ketones is 1. The van der Waals surface area contributed by atoms with E-state index in [1.54, 1.807) is 25.1 Å². The summed E-state index contributed by atoms with van der Waals surface area (Å²) >= 11 is 0. The lowest BCUT2D eigenvalue weighted by Crippen LogP contribution is -2.38. The highest BCUT2D eigenvalue weighted by Gasteiger charge is 2.47. The molecule has 0 radical (unpaired) electrons. The van der Waals surface area contributed by atoms with Crippen LogP contribution in [0.15, 0.2) is 48.2 Å². The molecule has 0 aliphatic carbocycles. The first-order valence-electron chi connectivity index (χ1n) is 11.5. The summed E-state index contributed by atoms with van der Waals surface area (Å²) in [6.07, 6.45) is 1.82. The van der Waals surface area contributed by atoms with Crippen LogP contribution < -0.4 is 0 Å². The first-order chi connectivity index (χ1) is 16.3. The van der Waals surface area contributed by atoms with E-state index >= 15 is 0 Å². The molecule has 1 atom stereocenters. The highest BCUT2D eigenvalue weighted by atomic mass is 19.1. The van der Waals surface area contributed by atoms with Crippen LogP contribution in [0.5, 0.6) is 0 Å². The number of likely N-dealkylation sites (tertiary alicyclic amines) is 1. The van der Waals surface area contributed by atoms with E-state index in [1.165, 1.54) is 11.0 Å². The number of hydrogen-bond acceptors (Lipinski definition) is 5. The number of Topliss-reactive ketones (excluding diaryl/α,β-unsaturated/α-hetero) is 1. The van der Waals surface area contributed by atoms with Gasteiger partial charge in [-0.05, 0) is 44.6 Å². The number of aliphatic hydroxyl groups is 1. The van der Waals surface area contributed by atoms with E-state index < -0.39 is 29.3 Å². The van der Waals surface area contributed by atoms with E-state index in [1.807, 2.05) is 43.5 Å². The molecule has 0 bridgehead atoms. The van der Waals surface area contributed by atoms with Crippen molar-refractivity contribution >= 4 is 23.1 Å². The molecule has 1 N–H and O–H groups in total. The molecule has 1 aromatic carbocycles. The molecular formula is C26H29FN4O3. The number of carbonyl (C=O) groups excluding carboxylic acids is 2. The molecule has 1 aliphatic heterocycles. The predicted octanol–water partition coefficient (Wildman–Crippen LogP) is 3.85. The topological polar surface area (TPSA) is 78.2 Å². The number of aliphatic hydroxyl groups excluding tert-OH is 1. The predicted molar refractivity (Wildman–Crippen MR) is 128 cm³/mol. The quantitative estimate of drug-likeness (QED) is 0.326. The van der Waals surface area contributed by atoms with Gasteiger partial charge >= 0.3 is 0 Å². The van der Waals surface area contributed by atoms with Crippen molar-refractivity contribution in [1.29, 1.82) is 0 Å². The summed E-state index contributed by atoms with van der Waals surface area (Å²) in [5.41, 5.74) is 2.39. The van der Waals surface area contributed by atoms with Crippen LogP contribution in [0.25, 0.3) is 11.4 Å². The van der Waals surface area contributed by atoms with Gasteiger partial charge in [0.25, 0.3) is 11.7 Å². The lowest BCUT2D eigenvalue weighted by molar-refractivity contribution is -0.140. The Kier molecular flexibility index (Phi) is 6.52. The number of halogens is 1. The van der Waals surface area contributed by atoms with E-state index in [2.05, 4.69) is 9.88 Å². The molecule has 0 saturated carbocycles. The van der Waals surface area contributed by atoms with Crippen LogP contribution in [-0.2, 0) is 9.59 Å². The van der Waals surface area contributed by atoms with E-state index in [4.69, 9.17) is 0 Å². The van der Waals surface area contributed by atoms with Crippen LogP contribution in [0.4, 0.5) is 4.39 Å². The van der Waals surface area contributed by atoms with E-state index in [9.17, 15) is 19.1 Å². The number of likely N-dealkylation sites (N-methyl/N-ethyl adjacent to an activating group) is 1. The van der Waals surface area contributed by atoms with Crippen LogP contribution in [0.2, 0.25) is 0 Å². The zero-order valence-corrected chi connectivity index (χ0v) is 19.9. The van der Waals surface area contributed by atoms with Gasteiger partial charge in [-0.15, -0.1) is 0 Å². The van der Waals surface area contributed by atoms with E-state index in [0.717, 1.165) is 18.7 Å². The normalized spacial score (nSPS) is 17.9. The average molecular weight is 465 g/mol. The molecule has 8 heteroatoms. The average Bonchev–Trinajstić information content (AvgIpc) is 3.30. The Balaban J connectivity index is 1.89. The zero-order valence-electron chi connectivity index (χ0n) is 19.9. The van der Waals surface area contributed by atoms with Crippen molar-refractivity contribution in [2.24, 2.45) is 0 Å². The number of benzene rings is 1. The summed E-state index contributed by atoms with van der Waals surface area (Å²) in [5, 5.41) is 11.4. The summed E-state index contributed by atoms with van der Waals surface area (Å²) in [6.45, 7) is 10.0. The van der Waals surface area contributed by atoms with Gasteiger partial charge in [-0.3, -0.25) is 9.59 Å². The van der Waals surface area contributed by atoms with E-state index in [-0.39, 0.29) is 23.4 Å². The molecule has 2 aromatic heterocycles. The minimum Gasteiger partial charge on any atom is -0.505 e. The number of hydrogen-bond donors (Lipinski definition) is 1. The van der Waals surface area contributed by atoms with Gasteiger partial charge in [-0.25, -0.2) is 9.37 Å². The van der Waals surface area contributed by atoms with E-state index in [0.29, 0.717) is 17.9 Å². The van der Waals surface area contributed by atoms with Crippen molar-refractivity contribution in [2.45, 2.75) is 33.7 Å². The van der Waals surface area contributed by atoms with Crippen molar-refractivity contribution in [3.05, 3.63) is 76.5 Å². The van der Waals surface area contributed by atoms with Crippen LogP contribution in [0, 0.1) is 19.7 Å². The zero-order chi connectivity index (χ0) is 24.6. The molecule has 1 amide bonds. The molecular weight excluding hydrogens is 435 g/mol. The van der Waals surface area contributed by atoms with Crippen LogP contribution in [-0.4, -0.2) is 62.2 Å². The van der Waals surface area contributed by atoms with Gasteiger partial charge in [-0.1, -0.05) is 38.1 Å². The number of pyridine rings is 1. The van der Waals surface area contributed by atoms with Crippen LogP contribution >= 0.6 is 0 Å². The molecule has 3 heterocycles. The standard InChI is InChI=1S/C26H29FN4O3/c1-5-29(6-2)14-15-31-22(18-11-7-8-12-19(18)27)20(24(33)26(31)34)23(32)21-17(4)30-13-9-10-16(3)25(30)28-21/h7-13,22,32H,5-6,14-15H2,1-4H3/b23-20+. The summed E-state index contributed by atoms with van der Waals surface area (Å²) in [7, 11) is 0. The minimum absolute atomic E-state index is 0.140. The third-order valence-electron chi connectivity index (χ3n) is 6.60. The Morgan fingerprint density at radius 3 is 2.47 bits per heavy atom. The Morgan fingerprint density at radius 1 is 1.12 bits per heavy atom. The van der Waals surface area contributed by atoms with Crippen molar-refractivity contribution in [3.8, 4) is 0 Å². The highest BCUT2D eigenvalue weighted by Crippen LogP contribution is 2.40. The molecule has 178 valence electrons. The number of aryl methyl sites for hydroxylation is 2. The fraction of sp³-hybridized carbons (Fsp3) is 0.346. The molecule has 1 aliphatic rings. The molecule has 3 aromatic rings. The number of aromatic nitrogens is 2. The Labute approximate surface area is 198 Å². The van der Waals surface area contributed by atoms with Gasteiger partial charge in [0, 0.05) is 24.8 Å². The summed E-state index contributed by atoms with van der Waals surface area (Å²) in [6, 6.07) is 8.77. The second-order valence-electron chi connectivity index (χ2n) is 8.47. The number of fused-ring (bicyclic) bond motifs is 1. The maximum absolute atomic E-state index is 15.0. The Hall–Kier alpha value is -3.52. The van der Waals surface area contributed by atoms with Gasteiger partial charge in [0.2, 0.25) is 0 Å². The number of rotatable bonds is 7. The van der Waals surface area contributed by atoms with Gasteiger partial charge in [0.1, 0.15) is 17.2 Å². The van der Waals surface area contributed by atoms with Crippen molar-refractivity contribution in [2.75, 3.05) is 26.2 Å². The molecule has 0 spiro atoms. The fourth-order valence-electron chi connectivity index (χ4n) is 4.59. The Morgan fingerprint density at radius 2 is 1.82 bits per heavy atom. The monoisotopic (exact) mass is 464 g/mol. The third-order valence-corrected chi connectivity index (χ3v) is 6.60. The Bertz CT molecular complexity index is 1290. The van der Waals surface area contributed by atoms with Crippen LogP contribution in [0.3, 0.4) is 0 Å². The van der Waals surface area contributed by atoms with Gasteiger partial charge in [-0.2, -0.15) is 0 Å². The first kappa shape index (κ1) is 23.6. The third kappa shape index (κ3) is 3.88. The summed E-state index contributed by atoms with van der Waals surface area (Å²) in [4.78, 5) is 34.4. The van der Waals surface area contributed by atoms with Crippen LogP contribution in [0.1, 0.15) is 42.4 Å². The first-order valence-corrected chi connectivity index (χ1v) is 11.5. The maximum atomic E-state index is 15.0. The summed E-state index contributed by atoms with van der Waals surface area (Å²) in [5.74, 6) is -2.52. The number of amides is 1. The number of imidazole rings is 1. The molecule has 34 heavy (non-hydrogen) atoms. The van der Waals surface area contributed by atoms with Crippen molar-refractivity contribution < 1.29 is 19.1 Å². The SMILES string of the molecule is CCN(CC)CCN1C(=O)C(=O)/C(=C(/O)c2nc3c(C)cccn3c2C)C1c1ccccc1F. The number of carbonyl (C=O) groups is 2. The highest BCUT2D eigenvalue weighted by molar-refractivity contribution is 6.46. The summed E-state index contributed by atoms with van der Waals surface area (Å²) < 4.78 is 16.8. The second-order valence-corrected chi connectivity index (χ2v) is 8.47. The largest absolute Gasteiger partial charge is 0.505 e. The van der Waals surface area contributed by atoms with Crippen molar-refractivity contribution in [1.82, 2.24) is 19.2 Å². The second kappa shape index (κ2) is 9.38. The van der Waals surface area contributed by atoms with Crippen molar-refractivity contribution in [3.63, 3.8) is 0 Å².